The maximum Gasteiger partial charge on any atom is 0.274 e. The Balaban J connectivity index is 1.65. The molecule has 1 aromatic carbocycles. The van der Waals surface area contributed by atoms with Gasteiger partial charge in [0.2, 0.25) is 0 Å². The van der Waals surface area contributed by atoms with Gasteiger partial charge in [0.25, 0.3) is 5.91 Å². The third-order valence-corrected chi connectivity index (χ3v) is 6.20. The molecule has 0 bridgehead atoms. The number of nitriles is 1. The number of carbonyl (C=O) groups excluding carboxylic acids is 1. The summed E-state index contributed by atoms with van der Waals surface area (Å²) in [5.74, 6) is 0.00428. The molecule has 1 saturated carbocycles. The first-order chi connectivity index (χ1) is 15.0. The molecule has 1 fully saturated rings. The van der Waals surface area contributed by atoms with Crippen molar-refractivity contribution in [2.24, 2.45) is 11.7 Å². The zero-order chi connectivity index (χ0) is 23.3. The lowest BCUT2D eigenvalue weighted by Crippen LogP contribution is -2.47. The predicted octanol–water partition coefficient (Wildman–Crippen LogP) is 3.47. The maximum absolute atomic E-state index is 12.8. The average Bonchev–Trinajstić information content (AvgIpc) is 3.06. The lowest BCUT2D eigenvalue weighted by atomic mass is 9.70. The minimum atomic E-state index is -1.20. The van der Waals surface area contributed by atoms with Crippen LogP contribution < -0.4 is 11.1 Å². The van der Waals surface area contributed by atoms with E-state index in [0.29, 0.717) is 17.2 Å². The van der Waals surface area contributed by atoms with E-state index in [2.05, 4.69) is 24.1 Å². The van der Waals surface area contributed by atoms with E-state index < -0.39 is 11.5 Å². The molecule has 1 aliphatic carbocycles. The van der Waals surface area contributed by atoms with Crippen LogP contribution >= 0.6 is 0 Å². The van der Waals surface area contributed by atoms with Gasteiger partial charge in [-0.15, -0.1) is 0 Å². The van der Waals surface area contributed by atoms with Crippen molar-refractivity contribution in [2.45, 2.75) is 57.7 Å². The molecular formula is C24H28N6O2. The zero-order valence-electron chi connectivity index (χ0n) is 18.8. The van der Waals surface area contributed by atoms with Crippen molar-refractivity contribution in [2.75, 3.05) is 5.32 Å². The van der Waals surface area contributed by atoms with Gasteiger partial charge in [0, 0.05) is 28.4 Å². The first-order valence-electron chi connectivity index (χ1n) is 10.7. The molecule has 4 N–H and O–H groups in total. The fourth-order valence-corrected chi connectivity index (χ4v) is 4.11. The number of nitrogens with zero attached hydrogens (tertiary/aromatic N) is 4. The molecule has 2 heterocycles. The van der Waals surface area contributed by atoms with E-state index in [-0.39, 0.29) is 23.0 Å². The number of rotatable bonds is 5. The summed E-state index contributed by atoms with van der Waals surface area (Å²) in [7, 11) is 0. The fraction of sp³-hybridized carbons (Fsp3) is 0.417. The molecule has 0 spiro atoms. The highest BCUT2D eigenvalue weighted by molar-refractivity contribution is 6.04. The molecule has 8 heteroatoms. The third-order valence-electron chi connectivity index (χ3n) is 6.20. The molecule has 3 aromatic rings. The summed E-state index contributed by atoms with van der Waals surface area (Å²) in [6.45, 7) is 7.43. The maximum atomic E-state index is 12.8. The number of nitrogens with two attached hydrogens (primary N) is 1. The van der Waals surface area contributed by atoms with Crippen LogP contribution in [0.2, 0.25) is 0 Å². The van der Waals surface area contributed by atoms with Crippen molar-refractivity contribution in [1.82, 2.24) is 14.8 Å². The van der Waals surface area contributed by atoms with Crippen molar-refractivity contribution >= 4 is 22.5 Å². The number of nitrogens with one attached hydrogen (secondary N) is 1. The first-order valence-corrected chi connectivity index (χ1v) is 10.7. The number of amides is 1. The van der Waals surface area contributed by atoms with Crippen molar-refractivity contribution in [3.63, 3.8) is 0 Å². The van der Waals surface area contributed by atoms with Gasteiger partial charge in [-0.2, -0.15) is 10.4 Å². The van der Waals surface area contributed by atoms with Gasteiger partial charge in [-0.1, -0.05) is 6.07 Å². The molecule has 4 rings (SSSR count). The Morgan fingerprint density at radius 3 is 2.62 bits per heavy atom. The fourth-order valence-electron chi connectivity index (χ4n) is 4.11. The molecule has 1 aliphatic rings. The lowest BCUT2D eigenvalue weighted by Gasteiger charge is -2.43. The summed E-state index contributed by atoms with van der Waals surface area (Å²) in [6, 6.07) is 10.5. The second-order valence-electron chi connectivity index (χ2n) is 9.74. The Morgan fingerprint density at radius 2 is 2.00 bits per heavy atom. The van der Waals surface area contributed by atoms with Crippen molar-refractivity contribution in [3.05, 3.63) is 53.5 Å². The summed E-state index contributed by atoms with van der Waals surface area (Å²) in [5, 5.41) is 28.2. The molecule has 8 nitrogen and oxygen atoms in total. The van der Waals surface area contributed by atoms with Gasteiger partial charge in [-0.3, -0.25) is 9.48 Å². The molecule has 166 valence electrons. The number of fused-ring (bicyclic) bond motifs is 1. The lowest BCUT2D eigenvalue weighted by molar-refractivity contribution is 0.0793. The van der Waals surface area contributed by atoms with Crippen molar-refractivity contribution in [3.8, 4) is 6.07 Å². The van der Waals surface area contributed by atoms with E-state index in [1.165, 1.54) is 6.07 Å². The molecule has 0 saturated heterocycles. The molecule has 0 radical (unpaired) electrons. The summed E-state index contributed by atoms with van der Waals surface area (Å²) in [6.07, 6.45) is 3.92. The Kier molecular flexibility index (Phi) is 5.27. The van der Waals surface area contributed by atoms with E-state index >= 15 is 0 Å². The number of anilines is 1. The van der Waals surface area contributed by atoms with Crippen LogP contribution in [0.1, 0.15) is 68.3 Å². The van der Waals surface area contributed by atoms with Crippen molar-refractivity contribution in [1.29, 1.82) is 5.26 Å². The average molecular weight is 433 g/mol. The number of hydrogen-bond donors (Lipinski definition) is 3. The molecule has 0 aliphatic heterocycles. The van der Waals surface area contributed by atoms with E-state index in [9.17, 15) is 9.90 Å². The van der Waals surface area contributed by atoms with E-state index in [4.69, 9.17) is 16.1 Å². The molecule has 1 amide bonds. The summed E-state index contributed by atoms with van der Waals surface area (Å²) in [5.41, 5.74) is 6.91. The number of aromatic nitrogens is 3. The Bertz CT molecular complexity index is 1220. The normalized spacial score (nSPS) is 18.8. The number of hydrogen-bond acceptors (Lipinski definition) is 6. The quantitative estimate of drug-likeness (QED) is 0.566. The van der Waals surface area contributed by atoms with Crippen LogP contribution in [0, 0.1) is 17.2 Å². The minimum Gasteiger partial charge on any atom is -0.386 e. The van der Waals surface area contributed by atoms with E-state index in [0.717, 1.165) is 23.7 Å². The predicted molar refractivity (Wildman–Crippen MR) is 122 cm³/mol. The van der Waals surface area contributed by atoms with E-state index in [1.807, 2.05) is 29.1 Å². The monoisotopic (exact) mass is 432 g/mol. The zero-order valence-corrected chi connectivity index (χ0v) is 18.8. The first kappa shape index (κ1) is 21.9. The van der Waals surface area contributed by atoms with Gasteiger partial charge >= 0.3 is 0 Å². The van der Waals surface area contributed by atoms with Gasteiger partial charge in [0.05, 0.1) is 17.2 Å². The SMILES string of the molecule is CC(C)(O)c1cc2nn(C3CC(C(C)(C)N)C3)cc2cc1NC(=O)c1cccc(C#N)n1. The largest absolute Gasteiger partial charge is 0.386 e. The Hall–Kier alpha value is -3.28. The number of aliphatic hydroxyl groups is 1. The van der Waals surface area contributed by atoms with Crippen LogP contribution in [-0.2, 0) is 5.60 Å². The van der Waals surface area contributed by atoms with Crippen molar-refractivity contribution < 1.29 is 9.90 Å². The van der Waals surface area contributed by atoms with Crippen LogP contribution in [0.3, 0.4) is 0 Å². The van der Waals surface area contributed by atoms with Crippen LogP contribution in [0.4, 0.5) is 5.69 Å². The minimum absolute atomic E-state index is 0.131. The number of carbonyl (C=O) groups is 1. The van der Waals surface area contributed by atoms with Crippen LogP contribution in [-0.4, -0.2) is 31.3 Å². The molecule has 2 aromatic heterocycles. The van der Waals surface area contributed by atoms with Crippen LogP contribution in [0.15, 0.2) is 36.5 Å². The standard InChI is InChI=1S/C24H28N6O2/c1-23(2,26)15-9-17(10-15)30-13-14-8-21(18(24(3,4)32)11-20(14)29-30)28-22(31)19-7-5-6-16(12-25)27-19/h5-8,11,13,15,17,32H,9-10,26H2,1-4H3,(H,28,31). The molecule has 32 heavy (non-hydrogen) atoms. The van der Waals surface area contributed by atoms with Gasteiger partial charge in [0.1, 0.15) is 17.5 Å². The van der Waals surface area contributed by atoms with Gasteiger partial charge in [0.15, 0.2) is 0 Å². The van der Waals surface area contributed by atoms with Crippen LogP contribution in [0.5, 0.6) is 0 Å². The Morgan fingerprint density at radius 1 is 1.28 bits per heavy atom. The second kappa shape index (κ2) is 7.69. The summed E-state index contributed by atoms with van der Waals surface area (Å²) in [4.78, 5) is 16.9. The second-order valence-corrected chi connectivity index (χ2v) is 9.74. The highest BCUT2D eigenvalue weighted by Crippen LogP contribution is 2.43. The molecular weight excluding hydrogens is 404 g/mol. The number of pyridine rings is 1. The molecule has 0 atom stereocenters. The Labute approximate surface area is 187 Å². The number of benzene rings is 1. The topological polar surface area (TPSA) is 130 Å². The van der Waals surface area contributed by atoms with E-state index in [1.54, 1.807) is 26.0 Å². The van der Waals surface area contributed by atoms with Crippen LogP contribution in [0.25, 0.3) is 10.9 Å². The highest BCUT2D eigenvalue weighted by atomic mass is 16.3. The highest BCUT2D eigenvalue weighted by Gasteiger charge is 2.39. The third kappa shape index (κ3) is 4.22. The van der Waals surface area contributed by atoms with Gasteiger partial charge in [-0.05, 0) is 70.7 Å². The molecule has 0 unspecified atom stereocenters. The smallest absolute Gasteiger partial charge is 0.274 e. The van der Waals surface area contributed by atoms with Gasteiger partial charge in [-0.25, -0.2) is 4.98 Å². The summed E-state index contributed by atoms with van der Waals surface area (Å²) < 4.78 is 1.96. The van der Waals surface area contributed by atoms with Gasteiger partial charge < -0.3 is 16.2 Å². The summed E-state index contributed by atoms with van der Waals surface area (Å²) >= 11 is 0.